The first-order valence-corrected chi connectivity index (χ1v) is 16.0. The Morgan fingerprint density at radius 3 is 1.90 bits per heavy atom. The van der Waals surface area contributed by atoms with Crippen molar-refractivity contribution in [3.05, 3.63) is 158 Å². The standard InChI is InChI=1S/C43H26N4O/c1-3-12-27(13-4-1)36-25-37(28-14-5-2-6-15-28)46-43(45-36)29-17-11-18-31(24-29)47-38-21-10-9-20-33(38)34-22-23-35-39-41(48-42(35)40(34)47)32-19-8-7-16-30(32)26-44-39/h1-26H. The van der Waals surface area contributed by atoms with Gasteiger partial charge in [0.1, 0.15) is 5.52 Å². The molecular formula is C43H26N4O. The lowest BCUT2D eigenvalue weighted by atomic mass is 10.1. The van der Waals surface area contributed by atoms with Gasteiger partial charge >= 0.3 is 0 Å². The van der Waals surface area contributed by atoms with Crippen LogP contribution >= 0.6 is 0 Å². The molecule has 0 aliphatic heterocycles. The molecule has 0 fully saturated rings. The highest BCUT2D eigenvalue weighted by atomic mass is 16.3. The highest BCUT2D eigenvalue weighted by Gasteiger charge is 2.21. The molecule has 0 aliphatic rings. The van der Waals surface area contributed by atoms with Crippen LogP contribution in [-0.4, -0.2) is 19.5 Å². The molecule has 224 valence electrons. The van der Waals surface area contributed by atoms with E-state index in [4.69, 9.17) is 19.4 Å². The van der Waals surface area contributed by atoms with Crippen molar-refractivity contribution in [1.29, 1.82) is 0 Å². The van der Waals surface area contributed by atoms with E-state index in [1.807, 2.05) is 54.7 Å². The van der Waals surface area contributed by atoms with Crippen molar-refractivity contribution in [1.82, 2.24) is 19.5 Å². The van der Waals surface area contributed by atoms with Crippen molar-refractivity contribution in [2.45, 2.75) is 0 Å². The van der Waals surface area contributed by atoms with Gasteiger partial charge in [0.15, 0.2) is 17.0 Å². The van der Waals surface area contributed by atoms with Crippen molar-refractivity contribution in [3.63, 3.8) is 0 Å². The average molecular weight is 615 g/mol. The Morgan fingerprint density at radius 2 is 1.12 bits per heavy atom. The molecule has 5 heteroatoms. The number of benzene rings is 6. The monoisotopic (exact) mass is 614 g/mol. The van der Waals surface area contributed by atoms with Gasteiger partial charge in [-0.15, -0.1) is 0 Å². The number of pyridine rings is 1. The molecule has 0 N–H and O–H groups in total. The van der Waals surface area contributed by atoms with E-state index in [-0.39, 0.29) is 0 Å². The largest absolute Gasteiger partial charge is 0.451 e. The minimum atomic E-state index is 0.669. The molecule has 0 aliphatic carbocycles. The quantitative estimate of drug-likeness (QED) is 0.198. The molecule has 10 aromatic rings. The van der Waals surface area contributed by atoms with Crippen LogP contribution in [-0.2, 0) is 0 Å². The molecule has 0 saturated carbocycles. The van der Waals surface area contributed by atoms with Crippen LogP contribution in [0.2, 0.25) is 0 Å². The summed E-state index contributed by atoms with van der Waals surface area (Å²) in [6.45, 7) is 0. The number of hydrogen-bond acceptors (Lipinski definition) is 4. The van der Waals surface area contributed by atoms with E-state index in [2.05, 4.69) is 108 Å². The molecule has 10 rings (SSSR count). The van der Waals surface area contributed by atoms with E-state index >= 15 is 0 Å². The van der Waals surface area contributed by atoms with Crippen LogP contribution in [0.3, 0.4) is 0 Å². The number of furan rings is 1. The summed E-state index contributed by atoms with van der Waals surface area (Å²) in [5, 5.41) is 5.39. The van der Waals surface area contributed by atoms with Gasteiger partial charge in [0, 0.05) is 55.5 Å². The molecule has 0 radical (unpaired) electrons. The Morgan fingerprint density at radius 1 is 0.479 bits per heavy atom. The maximum atomic E-state index is 6.81. The highest BCUT2D eigenvalue weighted by molar-refractivity contribution is 6.23. The van der Waals surface area contributed by atoms with Crippen molar-refractivity contribution in [2.24, 2.45) is 0 Å². The lowest BCUT2D eigenvalue weighted by Gasteiger charge is -2.12. The van der Waals surface area contributed by atoms with Crippen LogP contribution in [0.25, 0.3) is 94.2 Å². The van der Waals surface area contributed by atoms with Gasteiger partial charge in [-0.1, -0.05) is 121 Å². The predicted octanol–water partition coefficient (Wildman–Crippen LogP) is 11.0. The molecule has 0 atom stereocenters. The Hall–Kier alpha value is -6.59. The molecule has 5 nitrogen and oxygen atoms in total. The highest BCUT2D eigenvalue weighted by Crippen LogP contribution is 2.41. The van der Waals surface area contributed by atoms with Crippen LogP contribution in [0.5, 0.6) is 0 Å². The maximum absolute atomic E-state index is 6.81. The van der Waals surface area contributed by atoms with Gasteiger partial charge in [0.05, 0.1) is 22.4 Å². The van der Waals surface area contributed by atoms with E-state index in [0.717, 1.165) is 88.4 Å². The zero-order chi connectivity index (χ0) is 31.6. The summed E-state index contributed by atoms with van der Waals surface area (Å²) in [6, 6.07) is 52.3. The van der Waals surface area contributed by atoms with Crippen molar-refractivity contribution in [3.8, 4) is 39.6 Å². The van der Waals surface area contributed by atoms with Gasteiger partial charge in [0.25, 0.3) is 0 Å². The number of aromatic nitrogens is 4. The van der Waals surface area contributed by atoms with Gasteiger partial charge in [-0.2, -0.15) is 0 Å². The van der Waals surface area contributed by atoms with E-state index < -0.39 is 0 Å². The van der Waals surface area contributed by atoms with Crippen LogP contribution in [0, 0.1) is 0 Å². The second-order valence-corrected chi connectivity index (χ2v) is 12.1. The van der Waals surface area contributed by atoms with Crippen LogP contribution < -0.4 is 0 Å². The van der Waals surface area contributed by atoms with Gasteiger partial charge < -0.3 is 8.98 Å². The van der Waals surface area contributed by atoms with Gasteiger partial charge in [-0.05, 0) is 30.3 Å². The zero-order valence-corrected chi connectivity index (χ0v) is 25.7. The minimum Gasteiger partial charge on any atom is -0.451 e. The number of para-hydroxylation sites is 1. The fraction of sp³-hybridized carbons (Fsp3) is 0. The summed E-state index contributed by atoms with van der Waals surface area (Å²) in [6.07, 6.45) is 1.93. The third-order valence-electron chi connectivity index (χ3n) is 9.23. The number of rotatable bonds is 4. The lowest BCUT2D eigenvalue weighted by molar-refractivity contribution is 0.674. The summed E-state index contributed by atoms with van der Waals surface area (Å²) in [7, 11) is 0. The van der Waals surface area contributed by atoms with Crippen molar-refractivity contribution >= 4 is 54.6 Å². The summed E-state index contributed by atoms with van der Waals surface area (Å²) >= 11 is 0. The molecule has 0 unspecified atom stereocenters. The van der Waals surface area contributed by atoms with Crippen LogP contribution in [0.1, 0.15) is 0 Å². The van der Waals surface area contributed by atoms with E-state index in [9.17, 15) is 0 Å². The van der Waals surface area contributed by atoms with Crippen molar-refractivity contribution < 1.29 is 4.42 Å². The molecule has 6 aromatic carbocycles. The summed E-state index contributed by atoms with van der Waals surface area (Å²) < 4.78 is 9.11. The third kappa shape index (κ3) is 4.08. The van der Waals surface area contributed by atoms with Crippen LogP contribution in [0.4, 0.5) is 0 Å². The molecule has 4 aromatic heterocycles. The minimum absolute atomic E-state index is 0.669. The Balaban J connectivity index is 1.23. The average Bonchev–Trinajstić information content (AvgIpc) is 3.72. The van der Waals surface area contributed by atoms with E-state index in [1.165, 1.54) is 0 Å². The van der Waals surface area contributed by atoms with Gasteiger partial charge in [-0.3, -0.25) is 4.98 Å². The molecule has 0 spiro atoms. The third-order valence-corrected chi connectivity index (χ3v) is 9.23. The van der Waals surface area contributed by atoms with Gasteiger partial charge in [0.2, 0.25) is 0 Å². The van der Waals surface area contributed by atoms with E-state index in [1.54, 1.807) is 0 Å². The first kappa shape index (κ1) is 26.6. The molecule has 0 amide bonds. The number of fused-ring (bicyclic) bond motifs is 9. The summed E-state index contributed by atoms with van der Waals surface area (Å²) in [5.41, 5.74) is 10.4. The Labute approximate surface area is 275 Å². The van der Waals surface area contributed by atoms with E-state index in [0.29, 0.717) is 5.82 Å². The normalized spacial score (nSPS) is 11.8. The number of nitrogens with zero attached hydrogens (tertiary/aromatic N) is 4. The molecule has 0 bridgehead atoms. The Bertz CT molecular complexity index is 2780. The predicted molar refractivity (Wildman–Crippen MR) is 195 cm³/mol. The summed E-state index contributed by atoms with van der Waals surface area (Å²) in [5.74, 6) is 0.669. The smallest absolute Gasteiger partial charge is 0.161 e. The zero-order valence-electron chi connectivity index (χ0n) is 25.7. The lowest BCUT2D eigenvalue weighted by Crippen LogP contribution is -1.98. The first-order valence-electron chi connectivity index (χ1n) is 16.0. The first-order chi connectivity index (χ1) is 23.8. The molecule has 4 heterocycles. The molecular weight excluding hydrogens is 589 g/mol. The second-order valence-electron chi connectivity index (χ2n) is 12.1. The maximum Gasteiger partial charge on any atom is 0.161 e. The van der Waals surface area contributed by atoms with Crippen molar-refractivity contribution in [2.75, 3.05) is 0 Å². The topological polar surface area (TPSA) is 56.7 Å². The SMILES string of the molecule is c1ccc(-c2cc(-c3ccccc3)nc(-c3cccc(-n4c5ccccc5c5ccc6c7ncc8ccccc8c7oc6c54)c3)n2)cc1. The number of hydrogen-bond donors (Lipinski definition) is 0. The molecule has 48 heavy (non-hydrogen) atoms. The molecule has 0 saturated heterocycles. The second kappa shape index (κ2) is 10.5. The fourth-order valence-corrected chi connectivity index (χ4v) is 6.99. The van der Waals surface area contributed by atoms with Crippen LogP contribution in [0.15, 0.2) is 162 Å². The van der Waals surface area contributed by atoms with Gasteiger partial charge in [-0.25, -0.2) is 9.97 Å². The summed E-state index contributed by atoms with van der Waals surface area (Å²) in [4.78, 5) is 15.1. The fourth-order valence-electron chi connectivity index (χ4n) is 6.99. The Kier molecular flexibility index (Phi) is 5.81.